The summed E-state index contributed by atoms with van der Waals surface area (Å²) < 4.78 is 44.4. The smallest absolute Gasteiger partial charge is 0.354 e. The SMILES string of the molecule is Cc1ccc(C2(c3noc(CN4CCN(c5cccc(C(F)(F)F)n5)CC4)n3)CC2)cc1. The van der Waals surface area contributed by atoms with Crippen LogP contribution in [0.25, 0.3) is 0 Å². The van der Waals surface area contributed by atoms with E-state index in [1.165, 1.54) is 17.2 Å². The topological polar surface area (TPSA) is 58.3 Å². The summed E-state index contributed by atoms with van der Waals surface area (Å²) in [4.78, 5) is 12.5. The molecule has 1 aliphatic heterocycles. The van der Waals surface area contributed by atoms with Crippen LogP contribution in [-0.4, -0.2) is 46.2 Å². The van der Waals surface area contributed by atoms with Crippen LogP contribution in [0.3, 0.4) is 0 Å². The summed E-state index contributed by atoms with van der Waals surface area (Å²) in [5.74, 6) is 1.67. The zero-order valence-electron chi connectivity index (χ0n) is 17.8. The molecule has 0 bridgehead atoms. The van der Waals surface area contributed by atoms with Crippen molar-refractivity contribution in [3.05, 3.63) is 71.0 Å². The van der Waals surface area contributed by atoms with Gasteiger partial charge in [0.1, 0.15) is 11.5 Å². The first-order valence-electron chi connectivity index (χ1n) is 10.8. The summed E-state index contributed by atoms with van der Waals surface area (Å²) in [5.41, 5.74) is 1.44. The number of piperazine rings is 1. The first-order valence-corrected chi connectivity index (χ1v) is 10.8. The first kappa shape index (κ1) is 20.9. The van der Waals surface area contributed by atoms with E-state index in [0.29, 0.717) is 44.4 Å². The standard InChI is InChI=1S/C23H24F3N5O/c1-16-5-7-17(8-6-16)22(9-10-22)21-28-20(32-29-21)15-30-11-13-31(14-12-30)19-4-2-3-18(27-19)23(24,25)26/h2-8H,9-15H2,1H3. The van der Waals surface area contributed by atoms with Crippen molar-refractivity contribution in [3.63, 3.8) is 0 Å². The van der Waals surface area contributed by atoms with Crippen LogP contribution < -0.4 is 4.90 Å². The highest BCUT2D eigenvalue weighted by Crippen LogP contribution is 2.52. The van der Waals surface area contributed by atoms with E-state index in [1.54, 1.807) is 6.07 Å². The third-order valence-corrected chi connectivity index (χ3v) is 6.33. The zero-order valence-corrected chi connectivity index (χ0v) is 17.8. The summed E-state index contributed by atoms with van der Waals surface area (Å²) in [6.07, 6.45) is -2.42. The van der Waals surface area contributed by atoms with Gasteiger partial charge < -0.3 is 9.42 Å². The number of aromatic nitrogens is 3. The number of benzene rings is 1. The Bertz CT molecular complexity index is 1080. The highest BCUT2D eigenvalue weighted by molar-refractivity contribution is 5.41. The number of rotatable bonds is 5. The number of hydrogen-bond donors (Lipinski definition) is 0. The Kier molecular flexibility index (Phi) is 5.16. The van der Waals surface area contributed by atoms with Crippen LogP contribution in [0.1, 0.15) is 41.4 Å². The first-order chi connectivity index (χ1) is 15.3. The van der Waals surface area contributed by atoms with E-state index in [0.717, 1.165) is 24.7 Å². The fourth-order valence-corrected chi connectivity index (χ4v) is 4.24. The van der Waals surface area contributed by atoms with Crippen molar-refractivity contribution in [1.82, 2.24) is 20.0 Å². The summed E-state index contributed by atoms with van der Waals surface area (Å²) in [6.45, 7) is 5.13. The average Bonchev–Trinajstić information content (AvgIpc) is 3.46. The number of alkyl halides is 3. The van der Waals surface area contributed by atoms with Gasteiger partial charge in [-0.3, -0.25) is 4.90 Å². The van der Waals surface area contributed by atoms with Gasteiger partial charge in [-0.25, -0.2) is 4.98 Å². The third kappa shape index (κ3) is 4.09. The Hall–Kier alpha value is -2.94. The summed E-state index contributed by atoms with van der Waals surface area (Å²) in [6, 6.07) is 12.5. The van der Waals surface area contributed by atoms with Crippen molar-refractivity contribution in [3.8, 4) is 0 Å². The lowest BCUT2D eigenvalue weighted by Gasteiger charge is -2.34. The van der Waals surface area contributed by atoms with Crippen molar-refractivity contribution in [2.45, 2.75) is 37.9 Å². The van der Waals surface area contributed by atoms with Gasteiger partial charge in [-0.05, 0) is 37.5 Å². The Morgan fingerprint density at radius 2 is 1.69 bits per heavy atom. The molecule has 3 aromatic rings. The fraction of sp³-hybridized carbons (Fsp3) is 0.435. The maximum atomic E-state index is 12.9. The third-order valence-electron chi connectivity index (χ3n) is 6.33. The molecule has 32 heavy (non-hydrogen) atoms. The number of halogens is 3. The predicted octanol–water partition coefficient (Wildman–Crippen LogP) is 4.19. The Morgan fingerprint density at radius 1 is 0.969 bits per heavy atom. The fourth-order valence-electron chi connectivity index (χ4n) is 4.24. The van der Waals surface area contributed by atoms with Crippen LogP contribution in [0, 0.1) is 6.92 Å². The molecular weight excluding hydrogens is 419 g/mol. The molecule has 168 valence electrons. The molecule has 3 heterocycles. The second kappa shape index (κ2) is 7.88. The van der Waals surface area contributed by atoms with Crippen LogP contribution in [0.2, 0.25) is 0 Å². The second-order valence-electron chi connectivity index (χ2n) is 8.60. The summed E-state index contributed by atoms with van der Waals surface area (Å²) in [7, 11) is 0. The molecular formula is C23H24F3N5O. The van der Waals surface area contributed by atoms with Crippen molar-refractivity contribution >= 4 is 5.82 Å². The molecule has 0 radical (unpaired) electrons. The predicted molar refractivity (Wildman–Crippen MR) is 112 cm³/mol. The molecule has 0 spiro atoms. The van der Waals surface area contributed by atoms with Gasteiger partial charge in [-0.1, -0.05) is 41.1 Å². The molecule has 1 aliphatic carbocycles. The van der Waals surface area contributed by atoms with Gasteiger partial charge in [0.25, 0.3) is 0 Å². The van der Waals surface area contributed by atoms with E-state index in [1.807, 2.05) is 4.90 Å². The maximum absolute atomic E-state index is 12.9. The quantitative estimate of drug-likeness (QED) is 0.589. The number of aryl methyl sites for hydroxylation is 1. The van der Waals surface area contributed by atoms with Gasteiger partial charge >= 0.3 is 6.18 Å². The van der Waals surface area contributed by atoms with Gasteiger partial charge in [0.05, 0.1) is 12.0 Å². The molecule has 2 aromatic heterocycles. The minimum absolute atomic E-state index is 0.136. The largest absolute Gasteiger partial charge is 0.433 e. The van der Waals surface area contributed by atoms with Crippen LogP contribution in [0.4, 0.5) is 19.0 Å². The van der Waals surface area contributed by atoms with E-state index in [9.17, 15) is 13.2 Å². The lowest BCUT2D eigenvalue weighted by atomic mass is 9.94. The van der Waals surface area contributed by atoms with Crippen molar-refractivity contribution in [1.29, 1.82) is 0 Å². The molecule has 0 N–H and O–H groups in total. The molecule has 0 unspecified atom stereocenters. The maximum Gasteiger partial charge on any atom is 0.433 e. The highest BCUT2D eigenvalue weighted by atomic mass is 19.4. The molecule has 1 saturated carbocycles. The van der Waals surface area contributed by atoms with Gasteiger partial charge in [0, 0.05) is 26.2 Å². The minimum atomic E-state index is -4.44. The highest BCUT2D eigenvalue weighted by Gasteiger charge is 2.50. The zero-order chi connectivity index (χ0) is 22.3. The molecule has 0 amide bonds. The van der Waals surface area contributed by atoms with E-state index in [2.05, 4.69) is 51.2 Å². The normalized spacial score (nSPS) is 18.7. The number of anilines is 1. The minimum Gasteiger partial charge on any atom is -0.354 e. The molecule has 1 saturated heterocycles. The van der Waals surface area contributed by atoms with Crippen molar-refractivity contribution in [2.75, 3.05) is 31.1 Å². The van der Waals surface area contributed by atoms with E-state index in [4.69, 9.17) is 4.52 Å². The Morgan fingerprint density at radius 3 is 2.34 bits per heavy atom. The van der Waals surface area contributed by atoms with Gasteiger partial charge in [0.2, 0.25) is 5.89 Å². The molecule has 5 rings (SSSR count). The molecule has 1 aromatic carbocycles. The van der Waals surface area contributed by atoms with E-state index < -0.39 is 11.9 Å². The number of nitrogens with zero attached hydrogens (tertiary/aromatic N) is 5. The van der Waals surface area contributed by atoms with Crippen molar-refractivity contribution in [2.24, 2.45) is 0 Å². The molecule has 6 nitrogen and oxygen atoms in total. The van der Waals surface area contributed by atoms with E-state index >= 15 is 0 Å². The van der Waals surface area contributed by atoms with E-state index in [-0.39, 0.29) is 5.41 Å². The monoisotopic (exact) mass is 443 g/mol. The Labute approximate surface area is 184 Å². The lowest BCUT2D eigenvalue weighted by molar-refractivity contribution is -0.141. The summed E-state index contributed by atoms with van der Waals surface area (Å²) in [5, 5.41) is 4.27. The van der Waals surface area contributed by atoms with Crippen LogP contribution in [-0.2, 0) is 18.1 Å². The molecule has 2 aliphatic rings. The Balaban J connectivity index is 1.21. The number of hydrogen-bond acceptors (Lipinski definition) is 6. The number of pyridine rings is 1. The lowest BCUT2D eigenvalue weighted by Crippen LogP contribution is -2.46. The van der Waals surface area contributed by atoms with Gasteiger partial charge in [-0.2, -0.15) is 18.2 Å². The molecule has 0 atom stereocenters. The summed E-state index contributed by atoms with van der Waals surface area (Å²) >= 11 is 0. The van der Waals surface area contributed by atoms with Crippen LogP contribution in [0.5, 0.6) is 0 Å². The molecule has 9 heteroatoms. The molecule has 2 fully saturated rings. The van der Waals surface area contributed by atoms with Crippen LogP contribution >= 0.6 is 0 Å². The van der Waals surface area contributed by atoms with Gasteiger partial charge in [-0.15, -0.1) is 0 Å². The van der Waals surface area contributed by atoms with Crippen LogP contribution in [0.15, 0.2) is 47.0 Å². The average molecular weight is 443 g/mol. The second-order valence-corrected chi connectivity index (χ2v) is 8.60. The van der Waals surface area contributed by atoms with Gasteiger partial charge in [0.15, 0.2) is 5.82 Å². The van der Waals surface area contributed by atoms with Crippen molar-refractivity contribution < 1.29 is 17.7 Å².